The summed E-state index contributed by atoms with van der Waals surface area (Å²) in [6, 6.07) is 11.4. The smallest absolute Gasteiger partial charge is 0.307 e. The Bertz CT molecular complexity index is 940. The van der Waals surface area contributed by atoms with Crippen molar-refractivity contribution in [1.29, 1.82) is 0 Å². The van der Waals surface area contributed by atoms with Gasteiger partial charge in [0.15, 0.2) is 0 Å². The van der Waals surface area contributed by atoms with Gasteiger partial charge in [-0.15, -0.1) is 12.6 Å². The van der Waals surface area contributed by atoms with Crippen LogP contribution in [0, 0.1) is 5.82 Å². The number of aliphatic carboxylic acids is 1. The van der Waals surface area contributed by atoms with E-state index in [1.807, 2.05) is 13.0 Å². The maximum atomic E-state index is 13.6. The number of fused-ring (bicyclic) bond motifs is 1. The summed E-state index contributed by atoms with van der Waals surface area (Å²) in [6.07, 6.45) is 1.75. The second-order valence-electron chi connectivity index (χ2n) is 5.85. The lowest BCUT2D eigenvalue weighted by Gasteiger charge is -2.05. The van der Waals surface area contributed by atoms with E-state index in [-0.39, 0.29) is 11.5 Å². The van der Waals surface area contributed by atoms with Crippen molar-refractivity contribution >= 4 is 40.9 Å². The van der Waals surface area contributed by atoms with Crippen LogP contribution in [0.4, 0.5) is 4.39 Å². The fourth-order valence-corrected chi connectivity index (χ4v) is 3.17. The van der Waals surface area contributed by atoms with Crippen LogP contribution in [0.25, 0.3) is 17.2 Å². The van der Waals surface area contributed by atoms with Crippen molar-refractivity contribution in [3.63, 3.8) is 0 Å². The van der Waals surface area contributed by atoms with E-state index in [2.05, 4.69) is 12.6 Å². The minimum absolute atomic E-state index is 0.160. The number of carboxylic acids is 1. The Kier molecular flexibility index (Phi) is 4.59. The van der Waals surface area contributed by atoms with Gasteiger partial charge in [-0.1, -0.05) is 18.2 Å². The molecule has 0 bridgehead atoms. The first-order chi connectivity index (χ1) is 11.9. The van der Waals surface area contributed by atoms with Gasteiger partial charge in [-0.2, -0.15) is 0 Å². The van der Waals surface area contributed by atoms with E-state index in [0.29, 0.717) is 16.7 Å². The molecule has 3 nitrogen and oxygen atoms in total. The highest BCUT2D eigenvalue weighted by molar-refractivity contribution is 7.97. The highest BCUT2D eigenvalue weighted by atomic mass is 32.1. The fraction of sp³-hybridized carbons (Fsp3) is 0.100. The van der Waals surface area contributed by atoms with Gasteiger partial charge >= 0.3 is 5.97 Å². The summed E-state index contributed by atoms with van der Waals surface area (Å²) < 4.78 is 13.6. The number of hydrogen-bond acceptors (Lipinski definition) is 2. The number of carboxylic acid groups (broad SMARTS) is 1. The molecule has 0 unspecified atom stereocenters. The number of carbonyl (C=O) groups is 2. The van der Waals surface area contributed by atoms with Crippen molar-refractivity contribution in [2.45, 2.75) is 13.3 Å². The summed E-state index contributed by atoms with van der Waals surface area (Å²) >= 11 is 3.79. The van der Waals surface area contributed by atoms with Gasteiger partial charge in [0, 0.05) is 5.56 Å². The summed E-state index contributed by atoms with van der Waals surface area (Å²) in [7, 11) is 0. The minimum Gasteiger partial charge on any atom is -0.481 e. The third-order valence-electron chi connectivity index (χ3n) is 4.25. The molecule has 0 spiro atoms. The lowest BCUT2D eigenvalue weighted by molar-refractivity contribution is -0.135. The molecular weight excluding hydrogens is 339 g/mol. The van der Waals surface area contributed by atoms with E-state index in [1.54, 1.807) is 30.3 Å². The lowest BCUT2D eigenvalue weighted by Crippen LogP contribution is -1.97. The Labute approximate surface area is 149 Å². The van der Waals surface area contributed by atoms with Crippen molar-refractivity contribution < 1.29 is 19.1 Å². The zero-order valence-electron chi connectivity index (χ0n) is 13.4. The topological polar surface area (TPSA) is 54.4 Å². The molecule has 1 aliphatic carbocycles. The lowest BCUT2D eigenvalue weighted by atomic mass is 10.00. The molecule has 1 aliphatic rings. The summed E-state index contributed by atoms with van der Waals surface area (Å²) in [6.45, 7) is 1.84. The van der Waals surface area contributed by atoms with E-state index in [0.717, 1.165) is 22.3 Å². The molecule has 2 aromatic rings. The number of thiol groups is 1. The largest absolute Gasteiger partial charge is 0.481 e. The average Bonchev–Trinajstić information content (AvgIpc) is 2.80. The molecule has 0 heterocycles. The summed E-state index contributed by atoms with van der Waals surface area (Å²) in [5, 5.41) is 8.85. The molecule has 126 valence electrons. The Morgan fingerprint density at radius 2 is 1.80 bits per heavy atom. The zero-order chi connectivity index (χ0) is 18.1. The minimum atomic E-state index is -0.956. The molecule has 3 rings (SSSR count). The Balaban J connectivity index is 2.10. The molecule has 25 heavy (non-hydrogen) atoms. The number of benzene rings is 2. The molecule has 1 N–H and O–H groups in total. The monoisotopic (exact) mass is 354 g/mol. The predicted molar refractivity (Wildman–Crippen MR) is 98.9 cm³/mol. The average molecular weight is 354 g/mol. The van der Waals surface area contributed by atoms with Crippen molar-refractivity contribution in [2.75, 3.05) is 0 Å². The van der Waals surface area contributed by atoms with E-state index in [4.69, 9.17) is 5.11 Å². The second-order valence-corrected chi connectivity index (χ2v) is 6.26. The van der Waals surface area contributed by atoms with E-state index in [9.17, 15) is 14.0 Å². The Hall–Kier alpha value is -2.66. The Morgan fingerprint density at radius 1 is 1.12 bits per heavy atom. The van der Waals surface area contributed by atoms with Crippen LogP contribution in [0.2, 0.25) is 0 Å². The van der Waals surface area contributed by atoms with Crippen LogP contribution < -0.4 is 0 Å². The fourth-order valence-electron chi connectivity index (χ4n) is 3.02. The van der Waals surface area contributed by atoms with Crippen LogP contribution in [-0.4, -0.2) is 16.2 Å². The Morgan fingerprint density at radius 3 is 2.40 bits per heavy atom. The van der Waals surface area contributed by atoms with Crippen LogP contribution >= 0.6 is 12.6 Å². The number of halogens is 1. The summed E-state index contributed by atoms with van der Waals surface area (Å²) in [4.78, 5) is 22.4. The molecule has 0 saturated heterocycles. The van der Waals surface area contributed by atoms with Crippen LogP contribution in [-0.2, 0) is 4.79 Å². The molecule has 0 radical (unpaired) electrons. The highest BCUT2D eigenvalue weighted by Gasteiger charge is 2.25. The van der Waals surface area contributed by atoms with Crippen molar-refractivity contribution in [2.24, 2.45) is 0 Å². The second kappa shape index (κ2) is 6.69. The SMILES string of the molecule is CC1=C(CC(=O)O)c2cc(F)ccc2/C1=C\c1ccc(C(=O)S)cc1. The maximum absolute atomic E-state index is 13.6. The van der Waals surface area contributed by atoms with E-state index >= 15 is 0 Å². The first-order valence-electron chi connectivity index (χ1n) is 7.64. The molecule has 0 saturated carbocycles. The van der Waals surface area contributed by atoms with E-state index in [1.165, 1.54) is 12.1 Å². The van der Waals surface area contributed by atoms with Crippen molar-refractivity contribution in [3.8, 4) is 0 Å². The molecular formula is C20H15FO3S. The van der Waals surface area contributed by atoms with E-state index < -0.39 is 11.8 Å². The maximum Gasteiger partial charge on any atom is 0.307 e. The summed E-state index contributed by atoms with van der Waals surface area (Å²) in [5.74, 6) is -1.35. The van der Waals surface area contributed by atoms with Crippen molar-refractivity contribution in [1.82, 2.24) is 0 Å². The van der Waals surface area contributed by atoms with Gasteiger partial charge in [-0.3, -0.25) is 9.59 Å². The molecule has 0 aromatic heterocycles. The first kappa shape index (κ1) is 17.2. The van der Waals surface area contributed by atoms with Gasteiger partial charge in [0.05, 0.1) is 6.42 Å². The van der Waals surface area contributed by atoms with Crippen LogP contribution in [0.3, 0.4) is 0 Å². The zero-order valence-corrected chi connectivity index (χ0v) is 14.3. The van der Waals surface area contributed by atoms with Gasteiger partial charge in [0.2, 0.25) is 5.12 Å². The predicted octanol–water partition coefficient (Wildman–Crippen LogP) is 4.70. The van der Waals surface area contributed by atoms with Crippen LogP contribution in [0.15, 0.2) is 48.0 Å². The molecule has 5 heteroatoms. The van der Waals surface area contributed by atoms with Gasteiger partial charge < -0.3 is 5.11 Å². The highest BCUT2D eigenvalue weighted by Crippen LogP contribution is 2.43. The molecule has 2 aromatic carbocycles. The summed E-state index contributed by atoms with van der Waals surface area (Å²) in [5.41, 5.74) is 5.08. The molecule has 0 atom stereocenters. The third kappa shape index (κ3) is 3.42. The van der Waals surface area contributed by atoms with Crippen molar-refractivity contribution in [3.05, 3.63) is 76.1 Å². The molecule has 0 aliphatic heterocycles. The normalized spacial score (nSPS) is 14.8. The number of carbonyl (C=O) groups excluding carboxylic acids is 1. The van der Waals surface area contributed by atoms with Gasteiger partial charge in [0.1, 0.15) is 5.82 Å². The standard InChI is InChI=1S/C20H15FO3S/c1-11-16(8-12-2-4-13(5-3-12)20(24)25)15-7-6-14(21)9-18(15)17(11)10-19(22)23/h2-9H,10H2,1H3,(H,22,23)(H,24,25)/b16-8-. The van der Waals surface area contributed by atoms with Gasteiger partial charge in [0.25, 0.3) is 0 Å². The quantitative estimate of drug-likeness (QED) is 0.783. The molecule has 0 amide bonds. The third-order valence-corrected chi connectivity index (χ3v) is 4.51. The number of hydrogen-bond donors (Lipinski definition) is 2. The van der Waals surface area contributed by atoms with Crippen LogP contribution in [0.5, 0.6) is 0 Å². The van der Waals surface area contributed by atoms with Gasteiger partial charge in [-0.25, -0.2) is 4.39 Å². The first-order valence-corrected chi connectivity index (χ1v) is 8.09. The van der Waals surface area contributed by atoms with Gasteiger partial charge in [-0.05, 0) is 70.7 Å². The van der Waals surface area contributed by atoms with Crippen LogP contribution in [0.1, 0.15) is 40.4 Å². The number of allylic oxidation sites excluding steroid dienone is 2. The molecule has 0 fully saturated rings. The number of rotatable bonds is 4.